The van der Waals surface area contributed by atoms with Gasteiger partial charge >= 0.3 is 0 Å². The van der Waals surface area contributed by atoms with E-state index >= 15 is 0 Å². The third kappa shape index (κ3) is 4.18. The van der Waals surface area contributed by atoms with Gasteiger partial charge in [-0.05, 0) is 25.8 Å². The van der Waals surface area contributed by atoms with Crippen molar-refractivity contribution in [3.63, 3.8) is 0 Å². The Bertz CT molecular complexity index is 283. The zero-order valence-electron chi connectivity index (χ0n) is 9.86. The predicted molar refractivity (Wildman–Crippen MR) is 67.6 cm³/mol. The van der Waals surface area contributed by atoms with Crippen molar-refractivity contribution in [3.05, 3.63) is 11.1 Å². The first-order valence-corrected chi connectivity index (χ1v) is 6.38. The first-order chi connectivity index (χ1) is 7.13. The topological polar surface area (TPSA) is 42.1 Å². The van der Waals surface area contributed by atoms with Crippen LogP contribution in [0.15, 0.2) is 5.38 Å². The smallest absolute Gasteiger partial charge is 0.185 e. The molecule has 86 valence electrons. The highest BCUT2D eigenvalue weighted by molar-refractivity contribution is 7.13. The molecule has 0 aliphatic heterocycles. The lowest BCUT2D eigenvalue weighted by Gasteiger charge is -2.23. The van der Waals surface area contributed by atoms with Crippen molar-refractivity contribution >= 4 is 16.5 Å². The van der Waals surface area contributed by atoms with E-state index in [-0.39, 0.29) is 0 Å². The van der Waals surface area contributed by atoms with Gasteiger partial charge < -0.3 is 10.6 Å². The number of thiazole rings is 1. The zero-order chi connectivity index (χ0) is 11.3. The number of aromatic nitrogens is 1. The van der Waals surface area contributed by atoms with Gasteiger partial charge in [-0.15, -0.1) is 11.3 Å². The van der Waals surface area contributed by atoms with E-state index in [0.717, 1.165) is 36.9 Å². The highest BCUT2D eigenvalue weighted by atomic mass is 32.1. The maximum absolute atomic E-state index is 5.55. The SMILES string of the molecule is Cc1csc(N(CCCN)CC(C)C)n1. The van der Waals surface area contributed by atoms with Crippen LogP contribution in [0.1, 0.15) is 26.0 Å². The van der Waals surface area contributed by atoms with E-state index in [1.165, 1.54) is 0 Å². The Balaban J connectivity index is 2.62. The van der Waals surface area contributed by atoms with Gasteiger partial charge in [0.05, 0.1) is 5.69 Å². The van der Waals surface area contributed by atoms with Crippen LogP contribution in [0.2, 0.25) is 0 Å². The molecule has 0 spiro atoms. The van der Waals surface area contributed by atoms with Gasteiger partial charge in [-0.2, -0.15) is 0 Å². The minimum atomic E-state index is 0.659. The number of rotatable bonds is 6. The molecule has 2 N–H and O–H groups in total. The Hall–Kier alpha value is -0.610. The van der Waals surface area contributed by atoms with E-state index in [2.05, 4.69) is 29.1 Å². The maximum atomic E-state index is 5.55. The molecule has 0 fully saturated rings. The van der Waals surface area contributed by atoms with Gasteiger partial charge in [-0.25, -0.2) is 4.98 Å². The molecule has 0 radical (unpaired) electrons. The second-order valence-electron chi connectivity index (χ2n) is 4.25. The van der Waals surface area contributed by atoms with E-state index in [1.54, 1.807) is 11.3 Å². The molecule has 0 aliphatic carbocycles. The van der Waals surface area contributed by atoms with Crippen LogP contribution < -0.4 is 10.6 Å². The lowest BCUT2D eigenvalue weighted by atomic mass is 10.2. The van der Waals surface area contributed by atoms with Gasteiger partial charge in [-0.3, -0.25) is 0 Å². The van der Waals surface area contributed by atoms with Crippen molar-refractivity contribution in [2.24, 2.45) is 11.7 Å². The van der Waals surface area contributed by atoms with Gasteiger partial charge in [0.25, 0.3) is 0 Å². The summed E-state index contributed by atoms with van der Waals surface area (Å²) >= 11 is 1.72. The maximum Gasteiger partial charge on any atom is 0.185 e. The monoisotopic (exact) mass is 227 g/mol. The number of hydrogen-bond acceptors (Lipinski definition) is 4. The average molecular weight is 227 g/mol. The molecule has 0 saturated heterocycles. The summed E-state index contributed by atoms with van der Waals surface area (Å²) < 4.78 is 0. The summed E-state index contributed by atoms with van der Waals surface area (Å²) in [6.07, 6.45) is 1.03. The largest absolute Gasteiger partial charge is 0.348 e. The van der Waals surface area contributed by atoms with Crippen LogP contribution in [0, 0.1) is 12.8 Å². The van der Waals surface area contributed by atoms with Crippen molar-refractivity contribution in [1.82, 2.24) is 4.98 Å². The molecular formula is C11H21N3S. The Labute approximate surface area is 96.3 Å². The molecule has 0 saturated carbocycles. The third-order valence-corrected chi connectivity index (χ3v) is 3.11. The predicted octanol–water partition coefficient (Wildman–Crippen LogP) is 2.26. The van der Waals surface area contributed by atoms with Crippen LogP contribution in [0.25, 0.3) is 0 Å². The second-order valence-corrected chi connectivity index (χ2v) is 5.09. The van der Waals surface area contributed by atoms with Crippen molar-refractivity contribution in [2.75, 3.05) is 24.5 Å². The summed E-state index contributed by atoms with van der Waals surface area (Å²) in [5, 5.41) is 3.24. The van der Waals surface area contributed by atoms with Crippen molar-refractivity contribution in [2.45, 2.75) is 27.2 Å². The molecule has 1 aromatic heterocycles. The Morgan fingerprint density at radius 3 is 2.73 bits per heavy atom. The lowest BCUT2D eigenvalue weighted by molar-refractivity contribution is 0.599. The van der Waals surface area contributed by atoms with Crippen molar-refractivity contribution in [3.8, 4) is 0 Å². The van der Waals surface area contributed by atoms with Gasteiger partial charge in [0.15, 0.2) is 5.13 Å². The molecular weight excluding hydrogens is 206 g/mol. The molecule has 3 nitrogen and oxygen atoms in total. The molecule has 1 heterocycles. The normalized spacial score (nSPS) is 11.0. The summed E-state index contributed by atoms with van der Waals surface area (Å²) in [5.74, 6) is 0.659. The fourth-order valence-electron chi connectivity index (χ4n) is 1.47. The second kappa shape index (κ2) is 6.08. The van der Waals surface area contributed by atoms with Crippen LogP contribution >= 0.6 is 11.3 Å². The molecule has 0 bridgehead atoms. The molecule has 4 heteroatoms. The molecule has 1 rings (SSSR count). The molecule has 0 unspecified atom stereocenters. The van der Waals surface area contributed by atoms with Crippen LogP contribution in [0.5, 0.6) is 0 Å². The number of nitrogens with two attached hydrogens (primary N) is 1. The Kier molecular flexibility index (Phi) is 5.05. The van der Waals surface area contributed by atoms with Crippen LogP contribution in [-0.4, -0.2) is 24.6 Å². The number of nitrogens with zero attached hydrogens (tertiary/aromatic N) is 2. The van der Waals surface area contributed by atoms with E-state index < -0.39 is 0 Å². The third-order valence-electron chi connectivity index (χ3n) is 2.10. The molecule has 15 heavy (non-hydrogen) atoms. The first-order valence-electron chi connectivity index (χ1n) is 5.50. The fraction of sp³-hybridized carbons (Fsp3) is 0.727. The van der Waals surface area contributed by atoms with Gasteiger partial charge in [-0.1, -0.05) is 13.8 Å². The van der Waals surface area contributed by atoms with E-state index in [1.807, 2.05) is 6.92 Å². The minimum absolute atomic E-state index is 0.659. The summed E-state index contributed by atoms with van der Waals surface area (Å²) in [5.41, 5.74) is 6.66. The molecule has 0 aromatic carbocycles. The summed E-state index contributed by atoms with van der Waals surface area (Å²) in [7, 11) is 0. The average Bonchev–Trinajstić information content (AvgIpc) is 2.58. The summed E-state index contributed by atoms with van der Waals surface area (Å²) in [4.78, 5) is 6.86. The quantitative estimate of drug-likeness (QED) is 0.810. The van der Waals surface area contributed by atoms with Crippen LogP contribution in [0.4, 0.5) is 5.13 Å². The highest BCUT2D eigenvalue weighted by Gasteiger charge is 2.11. The number of hydrogen-bond donors (Lipinski definition) is 1. The van der Waals surface area contributed by atoms with E-state index in [9.17, 15) is 0 Å². The Morgan fingerprint density at radius 1 is 1.53 bits per heavy atom. The van der Waals surface area contributed by atoms with Crippen molar-refractivity contribution in [1.29, 1.82) is 0 Å². The lowest BCUT2D eigenvalue weighted by Crippen LogP contribution is -2.29. The highest BCUT2D eigenvalue weighted by Crippen LogP contribution is 2.21. The zero-order valence-corrected chi connectivity index (χ0v) is 10.7. The molecule has 0 aliphatic rings. The van der Waals surface area contributed by atoms with Crippen LogP contribution in [0.3, 0.4) is 0 Å². The van der Waals surface area contributed by atoms with Crippen LogP contribution in [-0.2, 0) is 0 Å². The summed E-state index contributed by atoms with van der Waals surface area (Å²) in [6.45, 7) is 9.33. The fourth-order valence-corrected chi connectivity index (χ4v) is 2.32. The van der Waals surface area contributed by atoms with E-state index in [4.69, 9.17) is 5.73 Å². The van der Waals surface area contributed by atoms with E-state index in [0.29, 0.717) is 5.92 Å². The number of aryl methyl sites for hydroxylation is 1. The van der Waals surface area contributed by atoms with Crippen molar-refractivity contribution < 1.29 is 0 Å². The Morgan fingerprint density at radius 2 is 2.27 bits per heavy atom. The van der Waals surface area contributed by atoms with Gasteiger partial charge in [0.2, 0.25) is 0 Å². The number of anilines is 1. The van der Waals surface area contributed by atoms with Gasteiger partial charge in [0.1, 0.15) is 0 Å². The standard InChI is InChI=1S/C11H21N3S/c1-9(2)7-14(6-4-5-12)11-13-10(3)8-15-11/h8-9H,4-7,12H2,1-3H3. The minimum Gasteiger partial charge on any atom is -0.348 e. The molecule has 1 aromatic rings. The van der Waals surface area contributed by atoms with Gasteiger partial charge in [0, 0.05) is 18.5 Å². The molecule has 0 amide bonds. The summed E-state index contributed by atoms with van der Waals surface area (Å²) in [6, 6.07) is 0. The first kappa shape index (κ1) is 12.5. The molecule has 0 atom stereocenters.